The molecule has 0 atom stereocenters. The molecule has 1 fully saturated rings. The number of rotatable bonds is 4. The number of hydrogen-bond acceptors (Lipinski definition) is 4. The van der Waals surface area contributed by atoms with Crippen LogP contribution in [-0.2, 0) is 23.3 Å². The number of aromatic nitrogens is 5. The van der Waals surface area contributed by atoms with E-state index in [1.54, 1.807) is 6.20 Å². The molecule has 3 aromatic heterocycles. The van der Waals surface area contributed by atoms with E-state index in [1.165, 1.54) is 5.69 Å². The Labute approximate surface area is 173 Å². The second kappa shape index (κ2) is 6.52. The SMILES string of the molecule is O=C(CCn1cccn1)N1CC2(CCn3nc(-c4cnc5ccccc5c4)cc32)C1. The third-order valence-corrected chi connectivity index (χ3v) is 6.47. The lowest BCUT2D eigenvalue weighted by Crippen LogP contribution is -2.60. The third kappa shape index (κ3) is 2.73. The van der Waals surface area contributed by atoms with Gasteiger partial charge in [0, 0.05) is 73.2 Å². The fourth-order valence-electron chi connectivity index (χ4n) is 4.80. The first-order valence-corrected chi connectivity index (χ1v) is 10.4. The highest BCUT2D eigenvalue weighted by molar-refractivity contribution is 5.83. The van der Waals surface area contributed by atoms with Crippen molar-refractivity contribution in [3.05, 3.63) is 66.7 Å². The lowest BCUT2D eigenvalue weighted by Gasteiger charge is -2.47. The lowest BCUT2D eigenvalue weighted by molar-refractivity contribution is -0.139. The molecule has 6 rings (SSSR count). The number of nitrogens with zero attached hydrogens (tertiary/aromatic N) is 6. The minimum atomic E-state index is 0.0525. The summed E-state index contributed by atoms with van der Waals surface area (Å²) in [6.07, 6.45) is 7.08. The van der Waals surface area contributed by atoms with Crippen LogP contribution in [0.3, 0.4) is 0 Å². The predicted molar refractivity (Wildman–Crippen MR) is 113 cm³/mol. The van der Waals surface area contributed by atoms with Crippen LogP contribution in [0.2, 0.25) is 0 Å². The summed E-state index contributed by atoms with van der Waals surface area (Å²) in [6, 6.07) is 14.4. The summed E-state index contributed by atoms with van der Waals surface area (Å²) < 4.78 is 3.93. The molecule has 150 valence electrons. The summed E-state index contributed by atoms with van der Waals surface area (Å²) in [6.45, 7) is 3.11. The molecule has 30 heavy (non-hydrogen) atoms. The van der Waals surface area contributed by atoms with Gasteiger partial charge < -0.3 is 4.90 Å². The molecule has 5 heterocycles. The van der Waals surface area contributed by atoms with Gasteiger partial charge in [0.05, 0.1) is 11.2 Å². The zero-order chi connectivity index (χ0) is 20.1. The second-order valence-corrected chi connectivity index (χ2v) is 8.35. The van der Waals surface area contributed by atoms with Crippen molar-refractivity contribution in [2.45, 2.75) is 31.3 Å². The Morgan fingerprint density at radius 2 is 2.03 bits per heavy atom. The van der Waals surface area contributed by atoms with Crippen LogP contribution in [0.1, 0.15) is 18.5 Å². The highest BCUT2D eigenvalue weighted by Gasteiger charge is 2.51. The average Bonchev–Trinajstić information content (AvgIpc) is 3.47. The minimum absolute atomic E-state index is 0.0525. The average molecular weight is 398 g/mol. The van der Waals surface area contributed by atoms with Crippen LogP contribution in [0.15, 0.2) is 61.1 Å². The normalized spacial score (nSPS) is 16.7. The fraction of sp³-hybridized carbons (Fsp3) is 0.304. The van der Waals surface area contributed by atoms with E-state index < -0.39 is 0 Å². The van der Waals surface area contributed by atoms with E-state index in [1.807, 2.05) is 46.2 Å². The van der Waals surface area contributed by atoms with E-state index in [4.69, 9.17) is 5.10 Å². The number of amides is 1. The Hall–Kier alpha value is -3.48. The van der Waals surface area contributed by atoms with Crippen molar-refractivity contribution >= 4 is 16.8 Å². The van der Waals surface area contributed by atoms with Gasteiger partial charge in [-0.3, -0.25) is 19.1 Å². The maximum absolute atomic E-state index is 12.6. The molecule has 0 bridgehead atoms. The number of benzene rings is 1. The Bertz CT molecular complexity index is 1240. The molecule has 0 radical (unpaired) electrons. The molecule has 0 aliphatic carbocycles. The van der Waals surface area contributed by atoms with Gasteiger partial charge in [0.1, 0.15) is 0 Å². The molecule has 1 saturated heterocycles. The zero-order valence-corrected chi connectivity index (χ0v) is 16.6. The van der Waals surface area contributed by atoms with Crippen LogP contribution in [0.25, 0.3) is 22.2 Å². The van der Waals surface area contributed by atoms with Gasteiger partial charge in [-0.15, -0.1) is 0 Å². The molecule has 0 N–H and O–H groups in total. The Morgan fingerprint density at radius 1 is 1.13 bits per heavy atom. The first-order chi connectivity index (χ1) is 14.7. The third-order valence-electron chi connectivity index (χ3n) is 6.47. The van der Waals surface area contributed by atoms with E-state index in [0.717, 1.165) is 48.2 Å². The van der Waals surface area contributed by atoms with E-state index in [9.17, 15) is 4.79 Å². The van der Waals surface area contributed by atoms with Gasteiger partial charge >= 0.3 is 0 Å². The van der Waals surface area contributed by atoms with Gasteiger partial charge in [-0.25, -0.2) is 0 Å². The number of fused-ring (bicyclic) bond motifs is 3. The highest BCUT2D eigenvalue weighted by atomic mass is 16.2. The largest absolute Gasteiger partial charge is 0.341 e. The maximum atomic E-state index is 12.6. The molecule has 2 aliphatic rings. The zero-order valence-electron chi connectivity index (χ0n) is 16.6. The monoisotopic (exact) mass is 398 g/mol. The van der Waals surface area contributed by atoms with Crippen molar-refractivity contribution in [3.8, 4) is 11.3 Å². The minimum Gasteiger partial charge on any atom is -0.341 e. The van der Waals surface area contributed by atoms with Crippen LogP contribution >= 0.6 is 0 Å². The summed E-state index contributed by atoms with van der Waals surface area (Å²) >= 11 is 0. The van der Waals surface area contributed by atoms with Crippen LogP contribution in [0, 0.1) is 0 Å². The standard InChI is InChI=1S/C23H22N6O/c30-22(6-10-28-9-3-8-25-28)27-15-23(16-27)7-11-29-21(23)13-20(26-29)18-12-17-4-1-2-5-19(17)24-14-18/h1-5,8-9,12-14H,6-7,10-11,15-16H2. The van der Waals surface area contributed by atoms with Gasteiger partial charge in [0.15, 0.2) is 0 Å². The van der Waals surface area contributed by atoms with E-state index in [2.05, 4.69) is 33.0 Å². The molecule has 1 amide bonds. The van der Waals surface area contributed by atoms with Gasteiger partial charge in [0.2, 0.25) is 5.91 Å². The Morgan fingerprint density at radius 3 is 2.90 bits per heavy atom. The van der Waals surface area contributed by atoms with E-state index in [0.29, 0.717) is 13.0 Å². The summed E-state index contributed by atoms with van der Waals surface area (Å²) in [4.78, 5) is 19.1. The predicted octanol–water partition coefficient (Wildman–Crippen LogP) is 2.87. The number of likely N-dealkylation sites (tertiary alicyclic amines) is 1. The summed E-state index contributed by atoms with van der Waals surface area (Å²) in [5.74, 6) is 0.202. The molecule has 7 nitrogen and oxygen atoms in total. The van der Waals surface area contributed by atoms with Crippen molar-refractivity contribution in [2.75, 3.05) is 13.1 Å². The summed E-state index contributed by atoms with van der Waals surface area (Å²) in [5.41, 5.74) is 4.30. The number of pyridine rings is 1. The molecule has 4 aromatic rings. The van der Waals surface area contributed by atoms with Gasteiger partial charge in [-0.2, -0.15) is 10.2 Å². The molecule has 1 spiro atoms. The number of para-hydroxylation sites is 1. The van der Waals surface area contributed by atoms with E-state index in [-0.39, 0.29) is 11.3 Å². The molecule has 7 heteroatoms. The van der Waals surface area contributed by atoms with Gasteiger partial charge in [-0.1, -0.05) is 18.2 Å². The Kier molecular flexibility index (Phi) is 3.78. The van der Waals surface area contributed by atoms with E-state index >= 15 is 0 Å². The fourth-order valence-corrected chi connectivity index (χ4v) is 4.80. The van der Waals surface area contributed by atoms with Crippen molar-refractivity contribution in [3.63, 3.8) is 0 Å². The smallest absolute Gasteiger partial charge is 0.224 e. The Balaban J connectivity index is 1.19. The van der Waals surface area contributed by atoms with Crippen molar-refractivity contribution < 1.29 is 4.79 Å². The first kappa shape index (κ1) is 17.4. The molecular weight excluding hydrogens is 376 g/mol. The number of carbonyl (C=O) groups excluding carboxylic acids is 1. The summed E-state index contributed by atoms with van der Waals surface area (Å²) in [5, 5.41) is 10.1. The first-order valence-electron chi connectivity index (χ1n) is 10.4. The van der Waals surface area contributed by atoms with Gasteiger partial charge in [0.25, 0.3) is 0 Å². The van der Waals surface area contributed by atoms with Crippen LogP contribution < -0.4 is 0 Å². The summed E-state index contributed by atoms with van der Waals surface area (Å²) in [7, 11) is 0. The maximum Gasteiger partial charge on any atom is 0.224 e. The molecular formula is C23H22N6O. The van der Waals surface area contributed by atoms with Gasteiger partial charge in [-0.05, 0) is 30.7 Å². The molecule has 0 unspecified atom stereocenters. The molecule has 2 aliphatic heterocycles. The highest BCUT2D eigenvalue weighted by Crippen LogP contribution is 2.44. The van der Waals surface area contributed by atoms with Crippen molar-refractivity contribution in [1.82, 2.24) is 29.4 Å². The van der Waals surface area contributed by atoms with Crippen molar-refractivity contribution in [1.29, 1.82) is 0 Å². The molecule has 1 aromatic carbocycles. The van der Waals surface area contributed by atoms with Crippen LogP contribution in [0.4, 0.5) is 0 Å². The van der Waals surface area contributed by atoms with Crippen LogP contribution in [-0.4, -0.2) is 48.4 Å². The lowest BCUT2D eigenvalue weighted by atomic mass is 9.75. The van der Waals surface area contributed by atoms with Crippen molar-refractivity contribution in [2.24, 2.45) is 0 Å². The second-order valence-electron chi connectivity index (χ2n) is 8.35. The quantitative estimate of drug-likeness (QED) is 0.530. The van der Waals surface area contributed by atoms with Crippen LogP contribution in [0.5, 0.6) is 0 Å². The number of aryl methyl sites for hydroxylation is 2. The topological polar surface area (TPSA) is 68.8 Å². The number of carbonyl (C=O) groups is 1. The molecule has 0 saturated carbocycles. The number of hydrogen-bond donors (Lipinski definition) is 0.